The second-order valence-electron chi connectivity index (χ2n) is 10.8. The summed E-state index contributed by atoms with van der Waals surface area (Å²) in [5.74, 6) is -0.792. The van der Waals surface area contributed by atoms with Crippen molar-refractivity contribution in [2.45, 2.75) is 63.3 Å². The van der Waals surface area contributed by atoms with Gasteiger partial charge in [0.2, 0.25) is 5.91 Å². The number of carbonyl (C=O) groups excluding carboxylic acids is 3. The Morgan fingerprint density at radius 2 is 1.84 bits per heavy atom. The lowest BCUT2D eigenvalue weighted by molar-refractivity contribution is -0.139. The fraction of sp³-hybridized carbons (Fsp3) is 0.667. The van der Waals surface area contributed by atoms with Crippen LogP contribution in [0.15, 0.2) is 29.4 Å². The predicted molar refractivity (Wildman–Crippen MR) is 142 cm³/mol. The molecule has 11 heteroatoms. The zero-order chi connectivity index (χ0) is 26.6. The molecule has 1 aromatic rings. The zero-order valence-electron chi connectivity index (χ0n) is 22.0. The molecule has 1 aromatic carbocycles. The van der Waals surface area contributed by atoms with Crippen LogP contribution in [0.5, 0.6) is 0 Å². The van der Waals surface area contributed by atoms with Gasteiger partial charge in [-0.25, -0.2) is 0 Å². The van der Waals surface area contributed by atoms with Gasteiger partial charge in [0.15, 0.2) is 5.78 Å². The summed E-state index contributed by atoms with van der Waals surface area (Å²) in [4.78, 5) is 49.0. The molecule has 0 bridgehead atoms. The van der Waals surface area contributed by atoms with Gasteiger partial charge in [-0.1, -0.05) is 31.3 Å². The van der Waals surface area contributed by atoms with Gasteiger partial charge in [0.1, 0.15) is 18.7 Å². The van der Waals surface area contributed by atoms with Gasteiger partial charge in [-0.3, -0.25) is 14.4 Å². The lowest BCUT2D eigenvalue weighted by atomic mass is 9.83. The summed E-state index contributed by atoms with van der Waals surface area (Å²) < 4.78 is 5.58. The van der Waals surface area contributed by atoms with Gasteiger partial charge in [-0.05, 0) is 55.1 Å². The zero-order valence-corrected chi connectivity index (χ0v) is 22.0. The number of ketones is 1. The average Bonchev–Trinajstić information content (AvgIpc) is 3.52. The van der Waals surface area contributed by atoms with E-state index in [-0.39, 0.29) is 36.7 Å². The minimum absolute atomic E-state index is 0.0104. The molecule has 0 aromatic heterocycles. The number of fused-ring (bicyclic) bond motifs is 1. The highest BCUT2D eigenvalue weighted by molar-refractivity contribution is 5.99. The summed E-state index contributed by atoms with van der Waals surface area (Å²) in [7, 11) is 0. The Balaban J connectivity index is 1.31. The number of azide groups is 1. The first-order chi connectivity index (χ1) is 18.5. The molecule has 0 spiro atoms. The van der Waals surface area contributed by atoms with Crippen molar-refractivity contribution in [3.05, 3.63) is 40.3 Å². The highest BCUT2D eigenvalue weighted by Gasteiger charge is 2.53. The van der Waals surface area contributed by atoms with Crippen molar-refractivity contribution in [3.8, 4) is 0 Å². The maximum atomic E-state index is 13.9. The molecular formula is C27H37N7O4. The summed E-state index contributed by atoms with van der Waals surface area (Å²) in [5.41, 5.74) is 10.6. The lowest BCUT2D eigenvalue weighted by Gasteiger charge is -2.35. The normalized spacial score (nSPS) is 27.1. The maximum absolute atomic E-state index is 13.9. The van der Waals surface area contributed by atoms with Gasteiger partial charge >= 0.3 is 0 Å². The van der Waals surface area contributed by atoms with E-state index in [1.165, 1.54) is 4.90 Å². The van der Waals surface area contributed by atoms with Crippen LogP contribution in [-0.2, 0) is 14.3 Å². The third-order valence-electron chi connectivity index (χ3n) is 8.63. The fourth-order valence-corrected chi connectivity index (χ4v) is 6.42. The Morgan fingerprint density at radius 1 is 1.13 bits per heavy atom. The van der Waals surface area contributed by atoms with Crippen molar-refractivity contribution in [3.63, 3.8) is 0 Å². The van der Waals surface area contributed by atoms with Gasteiger partial charge in [0.25, 0.3) is 5.91 Å². The van der Waals surface area contributed by atoms with E-state index in [1.807, 2.05) is 24.3 Å². The Labute approximate surface area is 223 Å². The Kier molecular flexibility index (Phi) is 8.16. The van der Waals surface area contributed by atoms with E-state index >= 15 is 0 Å². The van der Waals surface area contributed by atoms with Crippen LogP contribution >= 0.6 is 0 Å². The fourth-order valence-electron chi connectivity index (χ4n) is 6.42. The number of hydrogen-bond donors (Lipinski definition) is 1. The third-order valence-corrected chi connectivity index (χ3v) is 8.63. The van der Waals surface area contributed by atoms with Crippen molar-refractivity contribution >= 4 is 23.3 Å². The first kappa shape index (κ1) is 26.5. The highest BCUT2D eigenvalue weighted by atomic mass is 16.5. The molecule has 4 atom stereocenters. The van der Waals surface area contributed by atoms with Crippen LogP contribution in [0.3, 0.4) is 0 Å². The Bertz CT molecular complexity index is 1080. The van der Waals surface area contributed by atoms with E-state index in [9.17, 15) is 14.4 Å². The number of nitrogens with one attached hydrogen (secondary N) is 1. The standard InChI is InChI=1S/C27H37N7O4/c1-2-32-12-14-33(15-13-32)20-10-8-19(9-11-20)26(36)29-23(18-6-4-3-5-7-18)27(37)34-16-21(30-31-28)25-24(34)22(35)17-38-25/h8-11,18,21,23-25H,2-7,12-17H2,1H3,(H,29,36)/t21-,23-,24+,25+/m0/s1. The molecule has 0 unspecified atom stereocenters. The second kappa shape index (κ2) is 11.7. The third kappa shape index (κ3) is 5.36. The van der Waals surface area contributed by atoms with Crippen LogP contribution in [0.1, 0.15) is 49.4 Å². The van der Waals surface area contributed by atoms with Crippen LogP contribution in [0.2, 0.25) is 0 Å². The van der Waals surface area contributed by atoms with E-state index in [1.54, 1.807) is 0 Å². The number of benzene rings is 1. The second-order valence-corrected chi connectivity index (χ2v) is 10.8. The topological polar surface area (TPSA) is 131 Å². The number of nitrogens with zero attached hydrogens (tertiary/aromatic N) is 6. The molecule has 4 aliphatic rings. The van der Waals surface area contributed by atoms with Crippen LogP contribution in [0.4, 0.5) is 5.69 Å². The minimum atomic E-state index is -0.770. The summed E-state index contributed by atoms with van der Waals surface area (Å²) in [6, 6.07) is 5.44. The Hall–Kier alpha value is -3.14. The molecule has 38 heavy (non-hydrogen) atoms. The first-order valence-electron chi connectivity index (χ1n) is 13.9. The number of Topliss-reactive ketones (excluding diaryl/α,β-unsaturated/α-hetero) is 1. The number of ether oxygens (including phenoxy) is 1. The molecule has 5 rings (SSSR count). The maximum Gasteiger partial charge on any atom is 0.251 e. The number of likely N-dealkylation sites (N-methyl/N-ethyl adjacent to an activating group) is 1. The van der Waals surface area contributed by atoms with Crippen molar-refractivity contribution in [2.24, 2.45) is 11.0 Å². The van der Waals surface area contributed by atoms with E-state index in [0.717, 1.165) is 70.5 Å². The highest BCUT2D eigenvalue weighted by Crippen LogP contribution is 2.33. The van der Waals surface area contributed by atoms with Crippen molar-refractivity contribution < 1.29 is 19.1 Å². The van der Waals surface area contributed by atoms with Crippen molar-refractivity contribution in [1.82, 2.24) is 15.1 Å². The van der Waals surface area contributed by atoms with Crippen LogP contribution in [0.25, 0.3) is 10.4 Å². The van der Waals surface area contributed by atoms with Gasteiger partial charge in [-0.2, -0.15) is 0 Å². The van der Waals surface area contributed by atoms with Gasteiger partial charge in [0, 0.05) is 48.9 Å². The predicted octanol–water partition coefficient (Wildman–Crippen LogP) is 2.36. The van der Waals surface area contributed by atoms with Crippen molar-refractivity contribution in [1.29, 1.82) is 0 Å². The molecule has 1 aliphatic carbocycles. The molecule has 4 fully saturated rings. The van der Waals surface area contributed by atoms with E-state index in [2.05, 4.69) is 32.1 Å². The van der Waals surface area contributed by atoms with E-state index in [0.29, 0.717) is 5.56 Å². The number of piperazine rings is 1. The number of rotatable bonds is 7. The SMILES string of the molecule is CCN1CCN(c2ccc(C(=O)N[C@H](C(=O)N3C[C@H](N=[N+]=[N-])[C@H]4OCC(=O)[C@H]43)C3CCCCC3)cc2)CC1. The minimum Gasteiger partial charge on any atom is -0.369 e. The molecular weight excluding hydrogens is 486 g/mol. The number of anilines is 1. The number of amides is 2. The van der Waals surface area contributed by atoms with E-state index in [4.69, 9.17) is 10.3 Å². The number of hydrogen-bond acceptors (Lipinski definition) is 7. The first-order valence-corrected chi connectivity index (χ1v) is 13.9. The summed E-state index contributed by atoms with van der Waals surface area (Å²) >= 11 is 0. The molecule has 3 aliphatic heterocycles. The average molecular weight is 524 g/mol. The summed E-state index contributed by atoms with van der Waals surface area (Å²) in [5, 5.41) is 6.81. The molecule has 204 valence electrons. The molecule has 1 N–H and O–H groups in total. The Morgan fingerprint density at radius 3 is 2.50 bits per heavy atom. The van der Waals surface area contributed by atoms with Crippen LogP contribution in [-0.4, -0.2) is 97.5 Å². The largest absolute Gasteiger partial charge is 0.369 e. The van der Waals surface area contributed by atoms with Crippen LogP contribution in [0, 0.1) is 5.92 Å². The van der Waals surface area contributed by atoms with Gasteiger partial charge in [-0.15, -0.1) is 0 Å². The van der Waals surface area contributed by atoms with Gasteiger partial charge < -0.3 is 24.8 Å². The summed E-state index contributed by atoms with van der Waals surface area (Å²) in [6.45, 7) is 7.20. The molecule has 3 heterocycles. The lowest BCUT2D eigenvalue weighted by Crippen LogP contribution is -2.55. The van der Waals surface area contributed by atoms with Gasteiger partial charge in [0.05, 0.1) is 12.1 Å². The number of likely N-dealkylation sites (tertiary alicyclic amines) is 1. The molecule has 11 nitrogen and oxygen atoms in total. The molecule has 1 saturated carbocycles. The monoisotopic (exact) mass is 523 g/mol. The quantitative estimate of drug-likeness (QED) is 0.332. The molecule has 0 radical (unpaired) electrons. The number of carbonyl (C=O) groups is 3. The summed E-state index contributed by atoms with van der Waals surface area (Å²) in [6.07, 6.45) is 4.16. The van der Waals surface area contributed by atoms with E-state index < -0.39 is 24.2 Å². The molecule has 2 amide bonds. The molecule has 3 saturated heterocycles. The van der Waals surface area contributed by atoms with Crippen LogP contribution < -0.4 is 10.2 Å². The van der Waals surface area contributed by atoms with Crippen molar-refractivity contribution in [2.75, 3.05) is 50.8 Å². The smallest absolute Gasteiger partial charge is 0.251 e.